The second kappa shape index (κ2) is 8.28. The number of hydrogen-bond acceptors (Lipinski definition) is 5. The molecule has 8 heteroatoms. The number of aromatic nitrogens is 3. The molecule has 7 nitrogen and oxygen atoms in total. The summed E-state index contributed by atoms with van der Waals surface area (Å²) in [5.74, 6) is 1.92. The number of hydrogen-bond donors (Lipinski definition) is 1. The van der Waals surface area contributed by atoms with E-state index in [-0.39, 0.29) is 11.9 Å². The molecule has 2 aromatic carbocycles. The molecule has 2 N–H and O–H groups in total. The fourth-order valence-electron chi connectivity index (χ4n) is 3.70. The average molecular weight is 424 g/mol. The molecular weight excluding hydrogens is 402 g/mol. The highest BCUT2D eigenvalue weighted by atomic mass is 35.5. The van der Waals surface area contributed by atoms with Crippen molar-refractivity contribution in [2.45, 2.75) is 32.2 Å². The van der Waals surface area contributed by atoms with Gasteiger partial charge in [-0.3, -0.25) is 14.4 Å². The third-order valence-corrected chi connectivity index (χ3v) is 5.40. The van der Waals surface area contributed by atoms with Crippen LogP contribution in [-0.4, -0.2) is 33.5 Å². The number of ether oxygens (including phenoxy) is 1. The van der Waals surface area contributed by atoms with E-state index < -0.39 is 0 Å². The number of carbonyl (C=O) groups excluding carboxylic acids is 1. The zero-order valence-electron chi connectivity index (χ0n) is 16.8. The Hall–Kier alpha value is -3.19. The van der Waals surface area contributed by atoms with Crippen LogP contribution in [0, 0.1) is 6.92 Å². The molecule has 0 unspecified atom stereocenters. The van der Waals surface area contributed by atoms with Gasteiger partial charge in [-0.25, -0.2) is 0 Å². The maximum absolute atomic E-state index is 11.3. The molecule has 30 heavy (non-hydrogen) atoms. The molecule has 0 aliphatic carbocycles. The summed E-state index contributed by atoms with van der Waals surface area (Å²) in [7, 11) is 1.64. The van der Waals surface area contributed by atoms with Crippen molar-refractivity contribution in [2.24, 2.45) is 10.7 Å². The monoisotopic (exact) mass is 423 g/mol. The number of nitrogens with zero attached hydrogens (tertiary/aromatic N) is 4. The van der Waals surface area contributed by atoms with Crippen LogP contribution in [0.25, 0.3) is 5.69 Å². The van der Waals surface area contributed by atoms with Crippen molar-refractivity contribution in [3.8, 4) is 11.4 Å². The van der Waals surface area contributed by atoms with E-state index in [9.17, 15) is 4.79 Å². The van der Waals surface area contributed by atoms with E-state index in [0.29, 0.717) is 24.3 Å². The van der Waals surface area contributed by atoms with Crippen LogP contribution in [0.4, 0.5) is 0 Å². The van der Waals surface area contributed by atoms with E-state index in [1.54, 1.807) is 7.11 Å². The first-order chi connectivity index (χ1) is 14.5. The van der Waals surface area contributed by atoms with Crippen molar-refractivity contribution in [2.75, 3.05) is 7.11 Å². The highest BCUT2D eigenvalue weighted by molar-refractivity contribution is 6.30. The van der Waals surface area contributed by atoms with Crippen LogP contribution in [-0.2, 0) is 4.79 Å². The Balaban J connectivity index is 1.91. The van der Waals surface area contributed by atoms with Gasteiger partial charge in [0.25, 0.3) is 0 Å². The van der Waals surface area contributed by atoms with E-state index in [1.807, 2.05) is 54.0 Å². The Morgan fingerprint density at radius 2 is 1.97 bits per heavy atom. The van der Waals surface area contributed by atoms with Gasteiger partial charge in [-0.2, -0.15) is 0 Å². The summed E-state index contributed by atoms with van der Waals surface area (Å²) in [6.07, 6.45) is 1.54. The van der Waals surface area contributed by atoms with Crippen LogP contribution < -0.4 is 10.5 Å². The van der Waals surface area contributed by atoms with Crippen molar-refractivity contribution >= 4 is 23.2 Å². The topological polar surface area (TPSA) is 95.4 Å². The number of fused-ring (bicyclic) bond motifs is 3. The van der Waals surface area contributed by atoms with Gasteiger partial charge in [0, 0.05) is 22.6 Å². The zero-order chi connectivity index (χ0) is 21.3. The Bertz CT molecular complexity index is 1120. The highest BCUT2D eigenvalue weighted by Gasteiger charge is 2.28. The first-order valence-corrected chi connectivity index (χ1v) is 10.1. The van der Waals surface area contributed by atoms with Gasteiger partial charge in [-0.15, -0.1) is 10.2 Å². The summed E-state index contributed by atoms with van der Waals surface area (Å²) in [5.41, 5.74) is 8.93. The predicted octanol–water partition coefficient (Wildman–Crippen LogP) is 3.79. The lowest BCUT2D eigenvalue weighted by molar-refractivity contribution is -0.118. The number of methoxy groups -OCH3 is 1. The fraction of sp³-hybridized carbons (Fsp3) is 0.273. The molecule has 4 rings (SSSR count). The number of benzene rings is 2. The summed E-state index contributed by atoms with van der Waals surface area (Å²) in [5, 5.41) is 9.36. The standard InChI is InChI=1S/C22H22ClN5O2/c1-13-26-27-22-18(4-3-5-20(24)29)25-21(14-6-8-15(23)9-7-14)17-12-16(30-2)10-11-19(17)28(13)22/h6-12,18H,3-5H2,1-2H3,(H2,24,29)/t18-/m0/s1. The second-order valence-corrected chi connectivity index (χ2v) is 7.62. The lowest BCUT2D eigenvalue weighted by Crippen LogP contribution is -2.11. The van der Waals surface area contributed by atoms with E-state index in [4.69, 9.17) is 27.1 Å². The molecule has 1 amide bonds. The minimum absolute atomic E-state index is 0.269. The molecule has 1 atom stereocenters. The lowest BCUT2D eigenvalue weighted by Gasteiger charge is -2.14. The summed E-state index contributed by atoms with van der Waals surface area (Å²) in [4.78, 5) is 16.3. The van der Waals surface area contributed by atoms with Crippen LogP contribution in [0.5, 0.6) is 5.75 Å². The van der Waals surface area contributed by atoms with Crippen LogP contribution >= 0.6 is 11.6 Å². The minimum Gasteiger partial charge on any atom is -0.497 e. The Kier molecular flexibility index (Phi) is 5.55. The molecule has 154 valence electrons. The van der Waals surface area contributed by atoms with E-state index in [2.05, 4.69) is 10.2 Å². The summed E-state index contributed by atoms with van der Waals surface area (Å²) in [6.45, 7) is 1.91. The molecule has 3 aromatic rings. The highest BCUT2D eigenvalue weighted by Crippen LogP contribution is 2.35. The first kappa shape index (κ1) is 20.1. The van der Waals surface area contributed by atoms with E-state index >= 15 is 0 Å². The molecular formula is C22H22ClN5O2. The van der Waals surface area contributed by atoms with Crippen molar-refractivity contribution in [1.29, 1.82) is 0 Å². The van der Waals surface area contributed by atoms with Gasteiger partial charge in [0.1, 0.15) is 17.6 Å². The van der Waals surface area contributed by atoms with Gasteiger partial charge >= 0.3 is 0 Å². The van der Waals surface area contributed by atoms with E-state index in [1.165, 1.54) is 0 Å². The van der Waals surface area contributed by atoms with E-state index in [0.717, 1.165) is 39.9 Å². The van der Waals surface area contributed by atoms with Crippen molar-refractivity contribution < 1.29 is 9.53 Å². The predicted molar refractivity (Wildman–Crippen MR) is 116 cm³/mol. The first-order valence-electron chi connectivity index (χ1n) is 9.70. The molecule has 0 spiro atoms. The maximum atomic E-state index is 11.3. The summed E-state index contributed by atoms with van der Waals surface area (Å²) in [6, 6.07) is 13.2. The molecule has 0 saturated carbocycles. The lowest BCUT2D eigenvalue weighted by atomic mass is 10.00. The van der Waals surface area contributed by atoms with Crippen LogP contribution in [0.2, 0.25) is 5.02 Å². The molecule has 1 aliphatic heterocycles. The Morgan fingerprint density at radius 1 is 1.20 bits per heavy atom. The SMILES string of the molecule is COc1ccc2c(c1)C(c1ccc(Cl)cc1)=N[C@@H](CCCC(N)=O)c1nnc(C)n1-2. The number of amides is 1. The summed E-state index contributed by atoms with van der Waals surface area (Å²) >= 11 is 6.11. The number of rotatable bonds is 6. The van der Waals surface area contributed by atoms with Gasteiger partial charge in [0.2, 0.25) is 5.91 Å². The van der Waals surface area contributed by atoms with Crippen molar-refractivity contribution in [1.82, 2.24) is 14.8 Å². The third kappa shape index (κ3) is 3.80. The molecule has 0 fully saturated rings. The number of primary amides is 1. The van der Waals surface area contributed by atoms with Gasteiger partial charge in [0.15, 0.2) is 5.82 Å². The average Bonchev–Trinajstić information content (AvgIpc) is 3.05. The number of carbonyl (C=O) groups is 1. The van der Waals surface area contributed by atoms with Crippen molar-refractivity contribution in [3.05, 3.63) is 70.3 Å². The molecule has 1 aliphatic rings. The fourth-order valence-corrected chi connectivity index (χ4v) is 3.83. The van der Waals surface area contributed by atoms with Crippen LogP contribution in [0.15, 0.2) is 47.5 Å². The minimum atomic E-state index is -0.323. The molecule has 0 bridgehead atoms. The second-order valence-electron chi connectivity index (χ2n) is 7.18. The van der Waals surface area contributed by atoms with Gasteiger partial charge in [-0.1, -0.05) is 23.7 Å². The largest absolute Gasteiger partial charge is 0.497 e. The summed E-state index contributed by atoms with van der Waals surface area (Å²) < 4.78 is 7.50. The number of halogens is 1. The van der Waals surface area contributed by atoms with Crippen LogP contribution in [0.1, 0.15) is 48.1 Å². The molecule has 2 heterocycles. The number of nitrogens with two attached hydrogens (primary N) is 1. The number of aryl methyl sites for hydroxylation is 1. The van der Waals surface area contributed by atoms with Gasteiger partial charge in [0.05, 0.1) is 18.5 Å². The number of aliphatic imine (C=N–C) groups is 1. The molecule has 1 aromatic heterocycles. The molecule has 0 radical (unpaired) electrons. The quantitative estimate of drug-likeness (QED) is 0.652. The van der Waals surface area contributed by atoms with Gasteiger partial charge in [-0.05, 0) is 50.1 Å². The Labute approximate surface area is 179 Å². The third-order valence-electron chi connectivity index (χ3n) is 5.15. The maximum Gasteiger partial charge on any atom is 0.217 e. The van der Waals surface area contributed by atoms with Crippen molar-refractivity contribution in [3.63, 3.8) is 0 Å². The van der Waals surface area contributed by atoms with Crippen LogP contribution in [0.3, 0.4) is 0 Å². The molecule has 0 saturated heterocycles. The zero-order valence-corrected chi connectivity index (χ0v) is 17.6. The normalized spacial score (nSPS) is 15.0. The van der Waals surface area contributed by atoms with Gasteiger partial charge < -0.3 is 10.5 Å². The Morgan fingerprint density at radius 3 is 2.67 bits per heavy atom. The smallest absolute Gasteiger partial charge is 0.217 e.